The number of para-hydroxylation sites is 1. The molecule has 0 atom stereocenters. The molecule has 0 aliphatic carbocycles. The number of phenolic OH excluding ortho intramolecular Hbond substituents is 1. The molecule has 34 heavy (non-hydrogen) atoms. The second-order valence-electron chi connectivity index (χ2n) is 10.9. The highest BCUT2D eigenvalue weighted by molar-refractivity contribution is 8.18. The highest BCUT2D eigenvalue weighted by Crippen LogP contribution is 2.41. The van der Waals surface area contributed by atoms with E-state index in [1.165, 1.54) is 4.90 Å². The molecule has 3 aromatic rings. The Bertz CT molecular complexity index is 1270. The summed E-state index contributed by atoms with van der Waals surface area (Å²) in [5.41, 5.74) is 4.05. The number of benzene rings is 2. The van der Waals surface area contributed by atoms with Crippen LogP contribution in [0.5, 0.6) is 5.75 Å². The second-order valence-corrected chi connectivity index (χ2v) is 11.9. The van der Waals surface area contributed by atoms with Gasteiger partial charge in [-0.25, -0.2) is 0 Å². The zero-order valence-corrected chi connectivity index (χ0v) is 21.5. The minimum Gasteiger partial charge on any atom is -0.507 e. The number of imide groups is 1. The molecule has 0 bridgehead atoms. The number of thioether (sulfide) groups is 1. The number of nitrogens with zero attached hydrogens (tertiary/aromatic N) is 1. The maximum atomic E-state index is 13.1. The number of phenols is 1. The van der Waals surface area contributed by atoms with Gasteiger partial charge < -0.3 is 10.1 Å². The lowest BCUT2D eigenvalue weighted by atomic mass is 9.78. The molecule has 1 aromatic heterocycles. The van der Waals surface area contributed by atoms with Crippen molar-refractivity contribution >= 4 is 39.9 Å². The van der Waals surface area contributed by atoms with Crippen molar-refractivity contribution in [1.82, 2.24) is 9.88 Å². The van der Waals surface area contributed by atoms with Crippen molar-refractivity contribution in [3.8, 4) is 5.75 Å². The maximum Gasteiger partial charge on any atom is 0.293 e. The lowest BCUT2D eigenvalue weighted by Crippen LogP contribution is -2.30. The molecule has 0 radical (unpaired) electrons. The van der Waals surface area contributed by atoms with Crippen molar-refractivity contribution in [2.24, 2.45) is 0 Å². The summed E-state index contributed by atoms with van der Waals surface area (Å²) in [6.45, 7) is 12.6. The van der Waals surface area contributed by atoms with Gasteiger partial charge in [-0.3, -0.25) is 14.5 Å². The number of hydrogen-bond donors (Lipinski definition) is 2. The number of hydrogen-bond acceptors (Lipinski definition) is 4. The summed E-state index contributed by atoms with van der Waals surface area (Å²) in [7, 11) is 0. The molecule has 1 aliphatic heterocycles. The van der Waals surface area contributed by atoms with Crippen molar-refractivity contribution in [3.63, 3.8) is 0 Å². The molecule has 178 valence electrons. The van der Waals surface area contributed by atoms with Crippen LogP contribution in [0.1, 0.15) is 63.8 Å². The van der Waals surface area contributed by atoms with E-state index < -0.39 is 0 Å². The van der Waals surface area contributed by atoms with Crippen molar-refractivity contribution in [1.29, 1.82) is 0 Å². The Morgan fingerprint density at radius 3 is 2.24 bits per heavy atom. The van der Waals surface area contributed by atoms with Crippen LogP contribution in [0.4, 0.5) is 4.79 Å². The van der Waals surface area contributed by atoms with Gasteiger partial charge in [0.05, 0.1) is 4.91 Å². The van der Waals surface area contributed by atoms with Gasteiger partial charge in [0, 0.05) is 34.8 Å². The van der Waals surface area contributed by atoms with E-state index in [-0.39, 0.29) is 22.0 Å². The van der Waals surface area contributed by atoms with Crippen LogP contribution in [-0.4, -0.2) is 32.7 Å². The Hall–Kier alpha value is -2.99. The van der Waals surface area contributed by atoms with Crippen LogP contribution in [0.25, 0.3) is 17.0 Å². The molecule has 1 aliphatic rings. The molecule has 2 aromatic carbocycles. The quantitative estimate of drug-likeness (QED) is 0.409. The fourth-order valence-electron chi connectivity index (χ4n) is 4.30. The predicted molar refractivity (Wildman–Crippen MR) is 140 cm³/mol. The van der Waals surface area contributed by atoms with Gasteiger partial charge in [-0.2, -0.15) is 0 Å². The zero-order valence-electron chi connectivity index (χ0n) is 20.7. The first-order valence-electron chi connectivity index (χ1n) is 11.5. The number of carbonyl (C=O) groups excluding carboxylic acids is 2. The third kappa shape index (κ3) is 4.64. The summed E-state index contributed by atoms with van der Waals surface area (Å²) in [5, 5.41) is 11.8. The van der Waals surface area contributed by atoms with Gasteiger partial charge in [0.25, 0.3) is 11.1 Å². The number of amides is 2. The Morgan fingerprint density at radius 1 is 1.00 bits per heavy atom. The molecule has 1 saturated heterocycles. The van der Waals surface area contributed by atoms with Crippen LogP contribution in [0.3, 0.4) is 0 Å². The van der Waals surface area contributed by atoms with Crippen LogP contribution < -0.4 is 0 Å². The lowest BCUT2D eigenvalue weighted by Gasteiger charge is -2.28. The van der Waals surface area contributed by atoms with Crippen LogP contribution >= 0.6 is 11.8 Å². The van der Waals surface area contributed by atoms with Crippen molar-refractivity contribution < 1.29 is 14.7 Å². The van der Waals surface area contributed by atoms with Gasteiger partial charge in [0.15, 0.2) is 0 Å². The Kier molecular flexibility index (Phi) is 6.15. The van der Waals surface area contributed by atoms with Crippen LogP contribution in [0.15, 0.2) is 47.5 Å². The third-order valence-electron chi connectivity index (χ3n) is 6.20. The molecule has 0 spiro atoms. The van der Waals surface area contributed by atoms with E-state index >= 15 is 0 Å². The van der Waals surface area contributed by atoms with E-state index in [1.807, 2.05) is 42.6 Å². The highest BCUT2D eigenvalue weighted by atomic mass is 32.2. The number of aromatic amines is 1. The molecule has 2 N–H and O–H groups in total. The van der Waals surface area contributed by atoms with E-state index in [0.29, 0.717) is 23.6 Å². The molecule has 2 heterocycles. The molecular formula is C28H32N2O3S. The molecule has 4 rings (SSSR count). The molecule has 1 fully saturated rings. The number of aromatic nitrogens is 1. The van der Waals surface area contributed by atoms with E-state index in [9.17, 15) is 14.7 Å². The van der Waals surface area contributed by atoms with E-state index in [4.69, 9.17) is 0 Å². The van der Waals surface area contributed by atoms with Crippen LogP contribution in [0, 0.1) is 0 Å². The molecule has 0 unspecified atom stereocenters. The summed E-state index contributed by atoms with van der Waals surface area (Å²) >= 11 is 0.977. The molecular weight excluding hydrogens is 444 g/mol. The Labute approximate surface area is 205 Å². The predicted octanol–water partition coefficient (Wildman–Crippen LogP) is 6.75. The maximum absolute atomic E-state index is 13.1. The van der Waals surface area contributed by atoms with Gasteiger partial charge in [-0.05, 0) is 64.4 Å². The average molecular weight is 477 g/mol. The second kappa shape index (κ2) is 8.66. The minimum absolute atomic E-state index is 0.248. The molecule has 0 saturated carbocycles. The summed E-state index contributed by atoms with van der Waals surface area (Å²) in [4.78, 5) is 30.8. The standard InChI is InChI=1S/C28H32N2O3S/c1-27(2,3)20-13-17(14-21(24(20)31)28(4,5)6)15-23-25(32)30(26(33)34-23)12-11-18-16-29-22-10-8-7-9-19(18)22/h7-10,13-16,29,31H,11-12H2,1-6H3/b23-15-. The average Bonchev–Trinajstić information content (AvgIpc) is 3.26. The number of H-pyrrole nitrogens is 1. The molecule has 2 amide bonds. The normalized spacial score (nSPS) is 16.3. The van der Waals surface area contributed by atoms with Gasteiger partial charge in [0.1, 0.15) is 5.75 Å². The summed E-state index contributed by atoms with van der Waals surface area (Å²) in [6, 6.07) is 11.9. The number of aromatic hydroxyl groups is 1. The highest BCUT2D eigenvalue weighted by Gasteiger charge is 2.35. The summed E-state index contributed by atoms with van der Waals surface area (Å²) in [6.07, 6.45) is 4.31. The topological polar surface area (TPSA) is 73.4 Å². The van der Waals surface area contributed by atoms with E-state index in [1.54, 1.807) is 6.08 Å². The number of fused-ring (bicyclic) bond motifs is 1. The van der Waals surface area contributed by atoms with Crippen molar-refractivity contribution in [2.45, 2.75) is 58.8 Å². The SMILES string of the molecule is CC(C)(C)c1cc(/C=C2\SC(=O)N(CCc3c[nH]c4ccccc34)C2=O)cc(C(C)(C)C)c1O. The largest absolute Gasteiger partial charge is 0.507 e. The first kappa shape index (κ1) is 24.1. The third-order valence-corrected chi connectivity index (χ3v) is 7.11. The minimum atomic E-state index is -0.271. The molecule has 6 heteroatoms. The Morgan fingerprint density at radius 2 is 1.62 bits per heavy atom. The number of rotatable bonds is 4. The van der Waals surface area contributed by atoms with Crippen LogP contribution in [0.2, 0.25) is 0 Å². The van der Waals surface area contributed by atoms with Crippen molar-refractivity contribution in [3.05, 3.63) is 69.8 Å². The van der Waals surface area contributed by atoms with Crippen LogP contribution in [-0.2, 0) is 22.0 Å². The van der Waals surface area contributed by atoms with Gasteiger partial charge in [-0.15, -0.1) is 0 Å². The number of nitrogens with one attached hydrogen (secondary N) is 1. The smallest absolute Gasteiger partial charge is 0.293 e. The zero-order chi connectivity index (χ0) is 24.8. The van der Waals surface area contributed by atoms with Gasteiger partial charge in [0.2, 0.25) is 0 Å². The lowest BCUT2D eigenvalue weighted by molar-refractivity contribution is -0.122. The number of carbonyl (C=O) groups is 2. The fourth-order valence-corrected chi connectivity index (χ4v) is 5.16. The summed E-state index contributed by atoms with van der Waals surface area (Å²) < 4.78 is 0. The van der Waals surface area contributed by atoms with E-state index in [0.717, 1.165) is 44.9 Å². The summed E-state index contributed by atoms with van der Waals surface area (Å²) in [5.74, 6) is 0.0292. The fraction of sp³-hybridized carbons (Fsp3) is 0.357. The Balaban J connectivity index is 1.61. The molecule has 5 nitrogen and oxygen atoms in total. The monoisotopic (exact) mass is 476 g/mol. The van der Waals surface area contributed by atoms with Crippen molar-refractivity contribution in [2.75, 3.05) is 6.54 Å². The van der Waals surface area contributed by atoms with Gasteiger partial charge >= 0.3 is 0 Å². The van der Waals surface area contributed by atoms with Gasteiger partial charge in [-0.1, -0.05) is 59.7 Å². The first-order chi connectivity index (χ1) is 15.9. The van der Waals surface area contributed by atoms with E-state index in [2.05, 4.69) is 46.5 Å². The first-order valence-corrected chi connectivity index (χ1v) is 12.4.